The lowest BCUT2D eigenvalue weighted by Crippen LogP contribution is -2.17. The Hall–Kier alpha value is -1.68. The molecule has 0 radical (unpaired) electrons. The van der Waals surface area contributed by atoms with Crippen LogP contribution in [0, 0.1) is 6.92 Å². The van der Waals surface area contributed by atoms with E-state index in [0.29, 0.717) is 0 Å². The summed E-state index contributed by atoms with van der Waals surface area (Å²) in [4.78, 5) is 11.5. The fourth-order valence-electron chi connectivity index (χ4n) is 1.48. The zero-order valence-corrected chi connectivity index (χ0v) is 9.40. The summed E-state index contributed by atoms with van der Waals surface area (Å²) in [5.74, 6) is 1.02. The van der Waals surface area contributed by atoms with E-state index in [1.54, 1.807) is 6.20 Å². The molecule has 2 aromatic rings. The Kier molecular flexibility index (Phi) is 3.66. The van der Waals surface area contributed by atoms with E-state index in [0.717, 1.165) is 31.0 Å². The second-order valence-corrected chi connectivity index (χ2v) is 3.77. The highest BCUT2D eigenvalue weighted by atomic mass is 14.9. The Morgan fingerprint density at radius 3 is 2.94 bits per heavy atom. The van der Waals surface area contributed by atoms with Gasteiger partial charge in [-0.2, -0.15) is 0 Å². The number of imidazole rings is 1. The summed E-state index contributed by atoms with van der Waals surface area (Å²) in [5.41, 5.74) is 2.27. The van der Waals surface area contributed by atoms with E-state index in [1.165, 1.54) is 5.56 Å². The van der Waals surface area contributed by atoms with Gasteiger partial charge in [0.25, 0.3) is 0 Å². The van der Waals surface area contributed by atoms with Crippen molar-refractivity contribution < 1.29 is 0 Å². The normalized spacial score (nSPS) is 10.6. The van der Waals surface area contributed by atoms with Crippen LogP contribution in [0.25, 0.3) is 0 Å². The lowest BCUT2D eigenvalue weighted by atomic mass is 10.2. The van der Waals surface area contributed by atoms with Crippen molar-refractivity contribution in [1.82, 2.24) is 20.3 Å². The summed E-state index contributed by atoms with van der Waals surface area (Å²) < 4.78 is 0. The van der Waals surface area contributed by atoms with E-state index in [9.17, 15) is 0 Å². The van der Waals surface area contributed by atoms with Gasteiger partial charge in [0.1, 0.15) is 5.82 Å². The van der Waals surface area contributed by atoms with Gasteiger partial charge in [-0.1, -0.05) is 6.07 Å². The number of nitrogens with one attached hydrogen (secondary N) is 2. The number of hydrogen-bond acceptors (Lipinski definition) is 3. The Morgan fingerprint density at radius 2 is 2.25 bits per heavy atom. The lowest BCUT2D eigenvalue weighted by Gasteiger charge is -2.03. The van der Waals surface area contributed by atoms with Crippen LogP contribution in [-0.4, -0.2) is 21.5 Å². The Balaban J connectivity index is 1.70. The van der Waals surface area contributed by atoms with Crippen molar-refractivity contribution in [1.29, 1.82) is 0 Å². The maximum absolute atomic E-state index is 4.25. The predicted molar refractivity (Wildman–Crippen MR) is 63.0 cm³/mol. The molecule has 0 aliphatic heterocycles. The van der Waals surface area contributed by atoms with Gasteiger partial charge in [0.15, 0.2) is 0 Å². The SMILES string of the molecule is Cc1ccc(CNCCc2ncc[nH]2)cn1. The van der Waals surface area contributed by atoms with Crippen molar-refractivity contribution >= 4 is 0 Å². The van der Waals surface area contributed by atoms with Gasteiger partial charge in [0, 0.05) is 43.8 Å². The average Bonchev–Trinajstić information content (AvgIpc) is 2.80. The third kappa shape index (κ3) is 3.17. The Bertz CT molecular complexity index is 405. The van der Waals surface area contributed by atoms with Crippen LogP contribution in [0.3, 0.4) is 0 Å². The minimum absolute atomic E-state index is 0.855. The molecule has 0 atom stereocenters. The molecule has 4 heteroatoms. The highest BCUT2D eigenvalue weighted by Crippen LogP contribution is 1.98. The summed E-state index contributed by atoms with van der Waals surface area (Å²) in [6.07, 6.45) is 6.46. The van der Waals surface area contributed by atoms with Gasteiger partial charge in [-0.25, -0.2) is 4.98 Å². The fraction of sp³-hybridized carbons (Fsp3) is 0.333. The first kappa shape index (κ1) is 10.8. The molecule has 0 spiro atoms. The summed E-state index contributed by atoms with van der Waals surface area (Å²) in [5, 5.41) is 3.36. The monoisotopic (exact) mass is 216 g/mol. The second kappa shape index (κ2) is 5.42. The smallest absolute Gasteiger partial charge is 0.107 e. The van der Waals surface area contributed by atoms with Crippen molar-refractivity contribution in [3.8, 4) is 0 Å². The molecule has 0 amide bonds. The topological polar surface area (TPSA) is 53.6 Å². The molecule has 2 rings (SSSR count). The molecule has 0 fully saturated rings. The molecule has 0 aliphatic rings. The number of nitrogens with zero attached hydrogens (tertiary/aromatic N) is 2. The van der Waals surface area contributed by atoms with Crippen LogP contribution in [0.5, 0.6) is 0 Å². The highest BCUT2D eigenvalue weighted by Gasteiger charge is 1.95. The number of rotatable bonds is 5. The molecule has 2 N–H and O–H groups in total. The lowest BCUT2D eigenvalue weighted by molar-refractivity contribution is 0.672. The first-order chi connectivity index (χ1) is 7.84. The van der Waals surface area contributed by atoms with Crippen molar-refractivity contribution in [2.45, 2.75) is 19.9 Å². The van der Waals surface area contributed by atoms with Gasteiger partial charge in [-0.3, -0.25) is 4.98 Å². The average molecular weight is 216 g/mol. The third-order valence-electron chi connectivity index (χ3n) is 2.40. The Labute approximate surface area is 95.1 Å². The molecule has 16 heavy (non-hydrogen) atoms. The van der Waals surface area contributed by atoms with Gasteiger partial charge >= 0.3 is 0 Å². The maximum atomic E-state index is 4.25. The van der Waals surface area contributed by atoms with E-state index in [1.807, 2.05) is 25.4 Å². The van der Waals surface area contributed by atoms with E-state index < -0.39 is 0 Å². The van der Waals surface area contributed by atoms with Gasteiger partial charge in [0.2, 0.25) is 0 Å². The van der Waals surface area contributed by atoms with Crippen LogP contribution in [0.4, 0.5) is 0 Å². The van der Waals surface area contributed by atoms with Crippen molar-refractivity contribution in [2.75, 3.05) is 6.54 Å². The first-order valence-corrected chi connectivity index (χ1v) is 5.45. The highest BCUT2D eigenvalue weighted by molar-refractivity contribution is 5.12. The molecule has 0 saturated carbocycles. The van der Waals surface area contributed by atoms with Crippen molar-refractivity contribution in [3.05, 3.63) is 47.8 Å². The van der Waals surface area contributed by atoms with Gasteiger partial charge in [-0.05, 0) is 18.6 Å². The summed E-state index contributed by atoms with van der Waals surface area (Å²) in [6, 6.07) is 4.13. The van der Waals surface area contributed by atoms with Crippen LogP contribution < -0.4 is 5.32 Å². The quantitative estimate of drug-likeness (QED) is 0.744. The molecule has 0 aliphatic carbocycles. The van der Waals surface area contributed by atoms with Gasteiger partial charge in [0.05, 0.1) is 0 Å². The number of pyridine rings is 1. The van der Waals surface area contributed by atoms with Gasteiger partial charge in [-0.15, -0.1) is 0 Å². The minimum Gasteiger partial charge on any atom is -0.349 e. The molecule has 84 valence electrons. The second-order valence-electron chi connectivity index (χ2n) is 3.77. The van der Waals surface area contributed by atoms with Crippen LogP contribution in [0.2, 0.25) is 0 Å². The maximum Gasteiger partial charge on any atom is 0.107 e. The summed E-state index contributed by atoms with van der Waals surface area (Å²) in [7, 11) is 0. The fourth-order valence-corrected chi connectivity index (χ4v) is 1.48. The molecule has 0 bridgehead atoms. The minimum atomic E-state index is 0.855. The third-order valence-corrected chi connectivity index (χ3v) is 2.40. The molecule has 0 unspecified atom stereocenters. The zero-order chi connectivity index (χ0) is 11.2. The molecule has 4 nitrogen and oxygen atoms in total. The van der Waals surface area contributed by atoms with Crippen LogP contribution in [0.1, 0.15) is 17.1 Å². The van der Waals surface area contributed by atoms with E-state index >= 15 is 0 Å². The van der Waals surface area contributed by atoms with E-state index in [-0.39, 0.29) is 0 Å². The standard InChI is InChI=1S/C12H16N4/c1-10-2-3-11(9-16-10)8-13-5-4-12-14-6-7-15-12/h2-3,6-7,9,13H,4-5,8H2,1H3,(H,14,15). The molecule has 0 aromatic carbocycles. The molecular weight excluding hydrogens is 200 g/mol. The number of H-pyrrole nitrogens is 1. The summed E-state index contributed by atoms with van der Waals surface area (Å²) in [6.45, 7) is 3.77. The van der Waals surface area contributed by atoms with E-state index in [2.05, 4.69) is 26.3 Å². The number of aromatic amines is 1. The molecular formula is C12H16N4. The predicted octanol–water partition coefficient (Wildman–Crippen LogP) is 1.45. The first-order valence-electron chi connectivity index (χ1n) is 5.45. The Morgan fingerprint density at radius 1 is 1.31 bits per heavy atom. The van der Waals surface area contributed by atoms with E-state index in [4.69, 9.17) is 0 Å². The number of aryl methyl sites for hydroxylation is 1. The zero-order valence-electron chi connectivity index (χ0n) is 9.40. The molecule has 2 heterocycles. The van der Waals surface area contributed by atoms with Crippen molar-refractivity contribution in [2.24, 2.45) is 0 Å². The van der Waals surface area contributed by atoms with Gasteiger partial charge < -0.3 is 10.3 Å². The number of hydrogen-bond donors (Lipinski definition) is 2. The van der Waals surface area contributed by atoms with Crippen LogP contribution in [0.15, 0.2) is 30.7 Å². The summed E-state index contributed by atoms with van der Waals surface area (Å²) >= 11 is 0. The van der Waals surface area contributed by atoms with Crippen LogP contribution in [-0.2, 0) is 13.0 Å². The molecule has 2 aromatic heterocycles. The number of aromatic nitrogens is 3. The van der Waals surface area contributed by atoms with Crippen LogP contribution >= 0.6 is 0 Å². The molecule has 0 saturated heterocycles. The largest absolute Gasteiger partial charge is 0.349 e. The van der Waals surface area contributed by atoms with Crippen molar-refractivity contribution in [3.63, 3.8) is 0 Å².